The number of hydrogen-bond acceptors (Lipinski definition) is 9. The van der Waals surface area contributed by atoms with E-state index in [1.165, 1.54) is 108 Å². The van der Waals surface area contributed by atoms with E-state index in [4.69, 9.17) is 23.3 Å². The Labute approximate surface area is 408 Å². The predicted octanol–water partition coefficient (Wildman–Crippen LogP) is 13.5. The van der Waals surface area contributed by atoms with Crippen molar-refractivity contribution in [3.05, 3.63) is 11.6 Å². The number of rotatable bonds is 33. The smallest absolute Gasteiger partial charge is 0.462 e. The maximum absolute atomic E-state index is 13.2. The van der Waals surface area contributed by atoms with Gasteiger partial charge >= 0.3 is 25.7 Å². The van der Waals surface area contributed by atoms with E-state index in [0.29, 0.717) is 28.8 Å². The summed E-state index contributed by atoms with van der Waals surface area (Å²) in [6.07, 6.45) is 29.7. The quantitative estimate of drug-likeness (QED) is 0.0169. The van der Waals surface area contributed by atoms with Crippen LogP contribution in [0.2, 0.25) is 0 Å². The maximum Gasteiger partial charge on any atom is 0.472 e. The van der Waals surface area contributed by atoms with Gasteiger partial charge < -0.3 is 23.6 Å². The van der Waals surface area contributed by atoms with E-state index in [9.17, 15) is 23.8 Å². The summed E-state index contributed by atoms with van der Waals surface area (Å²) >= 11 is 0. The lowest BCUT2D eigenvalue weighted by Gasteiger charge is -2.58. The topological polar surface area (TPSA) is 135 Å². The molecule has 3 fully saturated rings. The fourth-order valence-corrected chi connectivity index (χ4v) is 13.5. The number of ether oxygens (including phenoxy) is 3. The van der Waals surface area contributed by atoms with Crippen molar-refractivity contribution in [1.29, 1.82) is 0 Å². The molecule has 388 valence electrons. The molecule has 0 bridgehead atoms. The Bertz CT molecular complexity index is 1580. The van der Waals surface area contributed by atoms with Crippen molar-refractivity contribution < 1.29 is 51.6 Å². The number of nitrogens with zero attached hydrogens (tertiary/aromatic N) is 1. The Morgan fingerprint density at radius 2 is 1.39 bits per heavy atom. The number of unbranched alkanes of at least 4 members (excludes halogenated alkanes) is 12. The van der Waals surface area contributed by atoms with E-state index < -0.39 is 38.4 Å². The van der Waals surface area contributed by atoms with E-state index in [1.807, 2.05) is 21.1 Å². The van der Waals surface area contributed by atoms with Gasteiger partial charge in [-0.05, 0) is 97.7 Å². The Morgan fingerprint density at radius 1 is 0.746 bits per heavy atom. The zero-order chi connectivity index (χ0) is 49.1. The van der Waals surface area contributed by atoms with E-state index in [-0.39, 0.29) is 44.0 Å². The summed E-state index contributed by atoms with van der Waals surface area (Å²) in [6.45, 7) is 14.2. The van der Waals surface area contributed by atoms with Crippen LogP contribution in [-0.4, -0.2) is 87.0 Å². The van der Waals surface area contributed by atoms with Gasteiger partial charge in [0.25, 0.3) is 0 Å². The van der Waals surface area contributed by atoms with Crippen molar-refractivity contribution in [2.75, 3.05) is 47.5 Å². The lowest BCUT2D eigenvalue weighted by atomic mass is 9.47. The number of esters is 3. The number of hydrogen-bond donors (Lipinski definition) is 1. The van der Waals surface area contributed by atoms with E-state index >= 15 is 0 Å². The Hall–Kier alpha value is -1.78. The molecule has 0 aromatic carbocycles. The third kappa shape index (κ3) is 19.4. The molecule has 0 saturated heterocycles. The normalized spacial score (nSPS) is 27.8. The molecule has 4 rings (SSSR count). The van der Waals surface area contributed by atoms with Gasteiger partial charge in [-0.15, -0.1) is 0 Å². The van der Waals surface area contributed by atoms with Gasteiger partial charge in [0, 0.05) is 12.8 Å². The van der Waals surface area contributed by atoms with Crippen LogP contribution in [0.1, 0.15) is 215 Å². The molecular formula is C55H99NO10P+. The van der Waals surface area contributed by atoms with Crippen LogP contribution in [0, 0.1) is 46.3 Å². The van der Waals surface area contributed by atoms with Crippen molar-refractivity contribution in [3.8, 4) is 0 Å². The zero-order valence-corrected chi connectivity index (χ0v) is 45.0. The molecule has 4 aliphatic carbocycles. The van der Waals surface area contributed by atoms with Crippen LogP contribution < -0.4 is 0 Å². The number of phosphoric acid groups is 1. The first-order valence-electron chi connectivity index (χ1n) is 27.4. The summed E-state index contributed by atoms with van der Waals surface area (Å²) < 4.78 is 40.6. The fraction of sp³-hybridized carbons (Fsp3) is 0.909. The standard InChI is InChI=1S/C55H98NO10P/c1-10-11-12-13-14-15-16-17-18-19-20-21-22-26-51(57)62-40-46(41-64-67(60,61)63-38-37-56(7,8)9)66-53(59)32-31-52(58)65-45-33-35-54(5)44(39-45)27-28-47-49-30-29-48(43(4)25-23-24-42(2)3)55(49,6)36-34-50(47)54/h27,42-43,45-50H,10-26,28-41H2,1-9H3/p+1/t43-,45+,46+,47+,48-,49+,50+,54+,55-/m1/s1. The van der Waals surface area contributed by atoms with Gasteiger partial charge in [0.15, 0.2) is 6.10 Å². The molecule has 0 aromatic rings. The number of carbonyl (C=O) groups is 3. The van der Waals surface area contributed by atoms with E-state index in [1.54, 1.807) is 0 Å². The second-order valence-electron chi connectivity index (χ2n) is 23.5. The van der Waals surface area contributed by atoms with Gasteiger partial charge in [-0.25, -0.2) is 4.57 Å². The van der Waals surface area contributed by atoms with Crippen LogP contribution >= 0.6 is 7.82 Å². The molecular weight excluding hydrogens is 866 g/mol. The summed E-state index contributed by atoms with van der Waals surface area (Å²) in [5, 5.41) is 0. The molecule has 0 radical (unpaired) electrons. The van der Waals surface area contributed by atoms with Crippen molar-refractivity contribution >= 4 is 25.7 Å². The molecule has 4 aliphatic rings. The minimum atomic E-state index is -4.48. The molecule has 1 N–H and O–H groups in total. The molecule has 0 aliphatic heterocycles. The van der Waals surface area contributed by atoms with Crippen LogP contribution in [0.4, 0.5) is 0 Å². The summed E-state index contributed by atoms with van der Waals surface area (Å²) in [7, 11) is 1.31. The number of carbonyl (C=O) groups excluding carboxylic acids is 3. The largest absolute Gasteiger partial charge is 0.472 e. The maximum atomic E-state index is 13.2. The highest BCUT2D eigenvalue weighted by atomic mass is 31.2. The van der Waals surface area contributed by atoms with Gasteiger partial charge in [0.2, 0.25) is 0 Å². The zero-order valence-electron chi connectivity index (χ0n) is 44.1. The summed E-state index contributed by atoms with van der Waals surface area (Å²) in [4.78, 5) is 49.3. The van der Waals surface area contributed by atoms with Crippen molar-refractivity contribution in [2.24, 2.45) is 46.3 Å². The number of phosphoric ester groups is 1. The summed E-state index contributed by atoms with van der Waals surface area (Å²) in [5.74, 6) is 3.01. The second-order valence-corrected chi connectivity index (χ2v) is 25.0. The fourth-order valence-electron chi connectivity index (χ4n) is 12.8. The Kier molecular flexibility index (Phi) is 24.4. The predicted molar refractivity (Wildman–Crippen MR) is 268 cm³/mol. The van der Waals surface area contributed by atoms with Crippen LogP contribution in [0.25, 0.3) is 0 Å². The van der Waals surface area contributed by atoms with E-state index in [2.05, 4.69) is 47.6 Å². The van der Waals surface area contributed by atoms with Crippen LogP contribution in [-0.2, 0) is 42.2 Å². The third-order valence-corrected chi connectivity index (χ3v) is 17.7. The van der Waals surface area contributed by atoms with Gasteiger partial charge in [-0.1, -0.05) is 150 Å². The first kappa shape index (κ1) is 57.8. The van der Waals surface area contributed by atoms with Gasteiger partial charge in [0.05, 0.1) is 40.6 Å². The first-order valence-corrected chi connectivity index (χ1v) is 28.9. The van der Waals surface area contributed by atoms with E-state index in [0.717, 1.165) is 74.5 Å². The van der Waals surface area contributed by atoms with Gasteiger partial charge in [-0.3, -0.25) is 23.4 Å². The number of likely N-dealkylation sites (N-methyl/N-ethyl adjacent to an activating group) is 1. The first-order chi connectivity index (χ1) is 31.8. The van der Waals surface area contributed by atoms with Gasteiger partial charge in [0.1, 0.15) is 25.9 Å². The minimum absolute atomic E-state index is 0.0187. The van der Waals surface area contributed by atoms with Crippen molar-refractivity contribution in [2.45, 2.75) is 227 Å². The average Bonchev–Trinajstić information content (AvgIpc) is 3.62. The molecule has 3 saturated carbocycles. The van der Waals surface area contributed by atoms with Crippen LogP contribution in [0.15, 0.2) is 11.6 Å². The number of fused-ring (bicyclic) bond motifs is 5. The molecule has 0 heterocycles. The van der Waals surface area contributed by atoms with Gasteiger partial charge in [-0.2, -0.15) is 0 Å². The number of allylic oxidation sites excluding steroid dienone is 1. The molecule has 0 spiro atoms. The molecule has 11 nitrogen and oxygen atoms in total. The third-order valence-electron chi connectivity index (χ3n) is 16.7. The molecule has 1 unspecified atom stereocenters. The summed E-state index contributed by atoms with van der Waals surface area (Å²) in [5.41, 5.74) is 2.03. The summed E-state index contributed by atoms with van der Waals surface area (Å²) in [6, 6.07) is 0. The Morgan fingerprint density at radius 3 is 2.03 bits per heavy atom. The average molecular weight is 965 g/mol. The second kappa shape index (κ2) is 28.3. The molecule has 12 heteroatoms. The van der Waals surface area contributed by atoms with Crippen LogP contribution in [0.5, 0.6) is 0 Å². The molecule has 0 aromatic heterocycles. The highest BCUT2D eigenvalue weighted by molar-refractivity contribution is 7.47. The molecule has 10 atom stereocenters. The minimum Gasteiger partial charge on any atom is -0.462 e. The lowest BCUT2D eigenvalue weighted by Crippen LogP contribution is -2.51. The lowest BCUT2D eigenvalue weighted by molar-refractivity contribution is -0.870. The highest BCUT2D eigenvalue weighted by Crippen LogP contribution is 2.67. The molecule has 67 heavy (non-hydrogen) atoms. The van der Waals surface area contributed by atoms with Crippen molar-refractivity contribution in [1.82, 2.24) is 0 Å². The van der Waals surface area contributed by atoms with Crippen molar-refractivity contribution in [3.63, 3.8) is 0 Å². The SMILES string of the molecule is CCCCCCCCCCCCCCCC(=O)OC[C@@H](COP(=O)(O)OCC[N+](C)(C)C)OC(=O)CCC(=O)O[C@H]1CC[C@@]2(C)C(=CC[C@H]3[C@@H]4CC[C@H]([C@H](C)CCCC(C)C)[C@@]4(C)CC[C@@H]32)C1. The molecule has 0 amide bonds. The highest BCUT2D eigenvalue weighted by Gasteiger charge is 2.59. The monoisotopic (exact) mass is 965 g/mol. The number of quaternary nitrogens is 1. The van der Waals surface area contributed by atoms with Crippen LogP contribution in [0.3, 0.4) is 0 Å². The Balaban J connectivity index is 1.20.